The van der Waals surface area contributed by atoms with E-state index in [4.69, 9.17) is 14.2 Å². The largest absolute Gasteiger partial charge is 0.497 e. The number of hydrogen-bond donors (Lipinski definition) is 1. The molecule has 3 aromatic carbocycles. The summed E-state index contributed by atoms with van der Waals surface area (Å²) in [5, 5.41) is 1.63. The molecule has 1 N–H and O–H groups in total. The Morgan fingerprint density at radius 3 is 2.65 bits per heavy atom. The van der Waals surface area contributed by atoms with Gasteiger partial charge in [-0.05, 0) is 46.7 Å². The standard InChI is InChI=1S/C25H24N2O6S/c1-31-20-9-7-19(8-10-20)25(16-27-13-12-26-17-27)32-15-21(33-25)14-23-22-5-3-2-4-18(22)6-11-24(23)34(28,29)30/h2-13,17,21H,14-16H2,1H3,(H,28,29,30). The lowest BCUT2D eigenvalue weighted by molar-refractivity contribution is -0.186. The van der Waals surface area contributed by atoms with Crippen molar-refractivity contribution in [3.05, 3.63) is 90.5 Å². The van der Waals surface area contributed by atoms with Crippen LogP contribution in [0.4, 0.5) is 0 Å². The van der Waals surface area contributed by atoms with Crippen LogP contribution in [0.1, 0.15) is 11.1 Å². The van der Waals surface area contributed by atoms with Gasteiger partial charge in [0.05, 0.1) is 37.6 Å². The molecule has 1 aromatic heterocycles. The van der Waals surface area contributed by atoms with Crippen LogP contribution in [0.3, 0.4) is 0 Å². The maximum absolute atomic E-state index is 12.2. The summed E-state index contributed by atoms with van der Waals surface area (Å²) in [6.07, 6.45) is 5.00. The van der Waals surface area contributed by atoms with Crippen LogP contribution in [0.15, 0.2) is 84.3 Å². The average Bonchev–Trinajstić information content (AvgIpc) is 3.49. The lowest BCUT2D eigenvalue weighted by atomic mass is 10.00. The lowest BCUT2D eigenvalue weighted by Crippen LogP contribution is -2.33. The third-order valence-corrected chi connectivity index (χ3v) is 6.98. The summed E-state index contributed by atoms with van der Waals surface area (Å²) in [5.41, 5.74) is 1.31. The zero-order chi connectivity index (χ0) is 23.8. The molecule has 2 heterocycles. The molecule has 2 unspecified atom stereocenters. The zero-order valence-electron chi connectivity index (χ0n) is 18.5. The predicted molar refractivity (Wildman–Crippen MR) is 125 cm³/mol. The molecule has 176 valence electrons. The van der Waals surface area contributed by atoms with Crippen molar-refractivity contribution in [3.63, 3.8) is 0 Å². The molecule has 0 aliphatic carbocycles. The van der Waals surface area contributed by atoms with Crippen molar-refractivity contribution in [1.29, 1.82) is 0 Å². The molecule has 0 spiro atoms. The first-order valence-electron chi connectivity index (χ1n) is 10.8. The van der Waals surface area contributed by atoms with Gasteiger partial charge < -0.3 is 18.8 Å². The van der Waals surface area contributed by atoms with Gasteiger partial charge in [0.25, 0.3) is 10.1 Å². The van der Waals surface area contributed by atoms with E-state index in [0.717, 1.165) is 16.3 Å². The number of aromatic nitrogens is 2. The Morgan fingerprint density at radius 1 is 1.15 bits per heavy atom. The normalized spacial score (nSPS) is 20.6. The van der Waals surface area contributed by atoms with Crippen molar-refractivity contribution in [2.24, 2.45) is 0 Å². The molecule has 0 amide bonds. The van der Waals surface area contributed by atoms with E-state index >= 15 is 0 Å². The van der Waals surface area contributed by atoms with E-state index in [1.54, 1.807) is 25.7 Å². The molecule has 1 fully saturated rings. The average molecular weight is 481 g/mol. The molecule has 0 saturated carbocycles. The number of hydrogen-bond acceptors (Lipinski definition) is 6. The highest BCUT2D eigenvalue weighted by atomic mass is 32.2. The molecule has 34 heavy (non-hydrogen) atoms. The van der Waals surface area contributed by atoms with Gasteiger partial charge in [0.1, 0.15) is 5.75 Å². The predicted octanol–water partition coefficient (Wildman–Crippen LogP) is 3.80. The first kappa shape index (κ1) is 22.5. The van der Waals surface area contributed by atoms with E-state index in [1.165, 1.54) is 6.07 Å². The molecular formula is C25H24N2O6S. The van der Waals surface area contributed by atoms with Crippen LogP contribution in [-0.2, 0) is 38.3 Å². The summed E-state index contributed by atoms with van der Waals surface area (Å²) >= 11 is 0. The minimum Gasteiger partial charge on any atom is -0.497 e. The van der Waals surface area contributed by atoms with Gasteiger partial charge in [-0.15, -0.1) is 0 Å². The van der Waals surface area contributed by atoms with E-state index in [2.05, 4.69) is 4.98 Å². The zero-order valence-corrected chi connectivity index (χ0v) is 19.3. The third kappa shape index (κ3) is 4.30. The van der Waals surface area contributed by atoms with E-state index in [-0.39, 0.29) is 17.9 Å². The summed E-state index contributed by atoms with van der Waals surface area (Å²) in [7, 11) is -2.82. The lowest BCUT2D eigenvalue weighted by Gasteiger charge is -2.29. The van der Waals surface area contributed by atoms with Crippen LogP contribution in [-0.4, -0.2) is 42.3 Å². The van der Waals surface area contributed by atoms with Gasteiger partial charge in [0.2, 0.25) is 5.79 Å². The van der Waals surface area contributed by atoms with Crippen LogP contribution in [0.2, 0.25) is 0 Å². The number of fused-ring (bicyclic) bond motifs is 1. The monoisotopic (exact) mass is 480 g/mol. The summed E-state index contributed by atoms with van der Waals surface area (Å²) < 4.78 is 54.1. The SMILES string of the molecule is COc1ccc(C2(Cn3ccnc3)OCC(Cc3c(S(=O)(=O)O)ccc4ccccc34)O2)cc1. The second-order valence-electron chi connectivity index (χ2n) is 8.21. The topological polar surface area (TPSA) is 99.9 Å². The highest BCUT2D eigenvalue weighted by Gasteiger charge is 2.44. The minimum atomic E-state index is -4.42. The van der Waals surface area contributed by atoms with Crippen molar-refractivity contribution in [2.75, 3.05) is 13.7 Å². The van der Waals surface area contributed by atoms with Crippen molar-refractivity contribution in [2.45, 2.75) is 29.8 Å². The van der Waals surface area contributed by atoms with E-state index in [1.807, 2.05) is 59.3 Å². The van der Waals surface area contributed by atoms with Crippen LogP contribution in [0.5, 0.6) is 5.75 Å². The quantitative estimate of drug-likeness (QED) is 0.402. The number of rotatable bonds is 7. The first-order valence-corrected chi connectivity index (χ1v) is 12.2. The molecule has 1 saturated heterocycles. The fourth-order valence-electron chi connectivity index (χ4n) is 4.45. The number of methoxy groups -OCH3 is 1. The maximum Gasteiger partial charge on any atom is 0.294 e. The molecule has 1 aliphatic heterocycles. The molecule has 0 bridgehead atoms. The highest BCUT2D eigenvalue weighted by Crippen LogP contribution is 2.39. The Bertz CT molecular complexity index is 1400. The summed E-state index contributed by atoms with van der Waals surface area (Å²) in [6, 6.07) is 18.1. The van der Waals surface area contributed by atoms with Gasteiger partial charge in [-0.25, -0.2) is 4.98 Å². The molecule has 5 rings (SSSR count). The number of ether oxygens (including phenoxy) is 3. The van der Waals surface area contributed by atoms with Crippen LogP contribution < -0.4 is 4.74 Å². The van der Waals surface area contributed by atoms with Crippen LogP contribution in [0, 0.1) is 0 Å². The fourth-order valence-corrected chi connectivity index (χ4v) is 5.20. The van der Waals surface area contributed by atoms with Crippen molar-refractivity contribution in [1.82, 2.24) is 9.55 Å². The number of nitrogens with zero attached hydrogens (tertiary/aromatic N) is 2. The Hall–Kier alpha value is -3.24. The van der Waals surface area contributed by atoms with Gasteiger partial charge >= 0.3 is 0 Å². The molecule has 1 aliphatic rings. The molecule has 8 nitrogen and oxygen atoms in total. The maximum atomic E-state index is 12.2. The minimum absolute atomic E-state index is 0.119. The second kappa shape index (κ2) is 8.84. The smallest absolute Gasteiger partial charge is 0.294 e. The van der Waals surface area contributed by atoms with Gasteiger partial charge in [0, 0.05) is 24.4 Å². The van der Waals surface area contributed by atoms with Crippen molar-refractivity contribution in [3.8, 4) is 5.75 Å². The summed E-state index contributed by atoms with van der Waals surface area (Å²) in [4.78, 5) is 3.99. The Morgan fingerprint density at radius 2 is 1.94 bits per heavy atom. The highest BCUT2D eigenvalue weighted by molar-refractivity contribution is 7.85. The Kier molecular flexibility index (Phi) is 5.86. The molecule has 0 radical (unpaired) electrons. The van der Waals surface area contributed by atoms with E-state index < -0.39 is 22.0 Å². The molecular weight excluding hydrogens is 456 g/mol. The summed E-state index contributed by atoms with van der Waals surface area (Å²) in [5.74, 6) is -0.384. The van der Waals surface area contributed by atoms with Gasteiger partial charge in [-0.3, -0.25) is 4.55 Å². The second-order valence-corrected chi connectivity index (χ2v) is 9.60. The van der Waals surface area contributed by atoms with Crippen LogP contribution in [0.25, 0.3) is 10.8 Å². The molecule has 9 heteroatoms. The Balaban J connectivity index is 1.51. The number of benzene rings is 3. The van der Waals surface area contributed by atoms with E-state index in [0.29, 0.717) is 17.9 Å². The molecule has 2 atom stereocenters. The van der Waals surface area contributed by atoms with Crippen LogP contribution >= 0.6 is 0 Å². The Labute approximate surface area is 197 Å². The fraction of sp³-hybridized carbons (Fsp3) is 0.240. The third-order valence-electron chi connectivity index (χ3n) is 6.05. The molecule has 4 aromatic rings. The first-order chi connectivity index (χ1) is 16.4. The van der Waals surface area contributed by atoms with Crippen molar-refractivity contribution < 1.29 is 27.2 Å². The van der Waals surface area contributed by atoms with Gasteiger partial charge in [-0.1, -0.05) is 30.3 Å². The summed E-state index contributed by atoms with van der Waals surface area (Å²) in [6.45, 7) is 0.603. The van der Waals surface area contributed by atoms with Gasteiger partial charge in [0.15, 0.2) is 0 Å². The number of imidazole rings is 1. The van der Waals surface area contributed by atoms with E-state index in [9.17, 15) is 13.0 Å². The van der Waals surface area contributed by atoms with Gasteiger partial charge in [-0.2, -0.15) is 8.42 Å². The van der Waals surface area contributed by atoms with Crippen molar-refractivity contribution >= 4 is 20.9 Å².